The third-order valence-electron chi connectivity index (χ3n) is 3.43. The Morgan fingerprint density at radius 2 is 1.84 bits per heavy atom. The van der Waals surface area contributed by atoms with E-state index in [9.17, 15) is 4.79 Å². The Labute approximate surface area is 116 Å². The second-order valence-electron chi connectivity index (χ2n) is 4.84. The van der Waals surface area contributed by atoms with Gasteiger partial charge in [-0.1, -0.05) is 44.0 Å². The second-order valence-corrected chi connectivity index (χ2v) is 4.84. The zero-order chi connectivity index (χ0) is 14.1. The number of rotatable bonds is 8. The molecule has 0 fully saturated rings. The zero-order valence-electron chi connectivity index (χ0n) is 12.2. The summed E-state index contributed by atoms with van der Waals surface area (Å²) in [6.07, 6.45) is 3.93. The van der Waals surface area contributed by atoms with Gasteiger partial charge in [0, 0.05) is 26.1 Å². The summed E-state index contributed by atoms with van der Waals surface area (Å²) in [5, 5.41) is 0. The standard InChI is InChI=1S/C16H26N2O/c1-3-5-6-11-16(19)18(4-2)13-15-10-8-7-9-14(15)12-17/h7-10H,3-6,11-13,17H2,1-2H3. The number of unbranched alkanes of at least 4 members (excludes halogenated alkanes) is 2. The molecule has 1 rings (SSSR count). The molecule has 0 aliphatic rings. The van der Waals surface area contributed by atoms with Crippen molar-refractivity contribution in [3.8, 4) is 0 Å². The highest BCUT2D eigenvalue weighted by molar-refractivity contribution is 5.76. The van der Waals surface area contributed by atoms with Crippen LogP contribution in [0.1, 0.15) is 50.7 Å². The van der Waals surface area contributed by atoms with Crippen LogP contribution >= 0.6 is 0 Å². The fourth-order valence-corrected chi connectivity index (χ4v) is 2.18. The van der Waals surface area contributed by atoms with E-state index in [1.54, 1.807) is 0 Å². The van der Waals surface area contributed by atoms with E-state index in [1.165, 1.54) is 0 Å². The Balaban J connectivity index is 2.62. The fraction of sp³-hybridized carbons (Fsp3) is 0.562. The highest BCUT2D eigenvalue weighted by Crippen LogP contribution is 2.13. The van der Waals surface area contributed by atoms with Gasteiger partial charge in [0.15, 0.2) is 0 Å². The summed E-state index contributed by atoms with van der Waals surface area (Å²) in [5.41, 5.74) is 8.03. The molecule has 0 spiro atoms. The molecule has 1 amide bonds. The molecular weight excluding hydrogens is 236 g/mol. The lowest BCUT2D eigenvalue weighted by Gasteiger charge is -2.22. The molecule has 0 atom stereocenters. The summed E-state index contributed by atoms with van der Waals surface area (Å²) >= 11 is 0. The summed E-state index contributed by atoms with van der Waals surface area (Å²) in [4.78, 5) is 14.1. The molecule has 0 saturated carbocycles. The van der Waals surface area contributed by atoms with Gasteiger partial charge in [-0.3, -0.25) is 4.79 Å². The number of hydrogen-bond donors (Lipinski definition) is 1. The Morgan fingerprint density at radius 3 is 2.42 bits per heavy atom. The largest absolute Gasteiger partial charge is 0.339 e. The van der Waals surface area contributed by atoms with Crippen molar-refractivity contribution < 1.29 is 4.79 Å². The SMILES string of the molecule is CCCCCC(=O)N(CC)Cc1ccccc1CN. The van der Waals surface area contributed by atoms with Crippen LogP contribution in [0.2, 0.25) is 0 Å². The van der Waals surface area contributed by atoms with Crippen molar-refractivity contribution >= 4 is 5.91 Å². The van der Waals surface area contributed by atoms with Crippen LogP contribution in [0.5, 0.6) is 0 Å². The zero-order valence-corrected chi connectivity index (χ0v) is 12.2. The number of nitrogens with two attached hydrogens (primary N) is 1. The lowest BCUT2D eigenvalue weighted by Crippen LogP contribution is -2.30. The quantitative estimate of drug-likeness (QED) is 0.732. The maximum Gasteiger partial charge on any atom is 0.222 e. The van der Waals surface area contributed by atoms with Crippen LogP contribution in [0.25, 0.3) is 0 Å². The summed E-state index contributed by atoms with van der Waals surface area (Å²) in [6.45, 7) is 6.14. The molecule has 0 bridgehead atoms. The van der Waals surface area contributed by atoms with Crippen LogP contribution in [-0.2, 0) is 17.9 Å². The summed E-state index contributed by atoms with van der Waals surface area (Å²) in [6, 6.07) is 8.09. The topological polar surface area (TPSA) is 46.3 Å². The van der Waals surface area contributed by atoms with Crippen molar-refractivity contribution in [3.63, 3.8) is 0 Å². The maximum atomic E-state index is 12.1. The first-order valence-electron chi connectivity index (χ1n) is 7.27. The molecule has 19 heavy (non-hydrogen) atoms. The van der Waals surface area contributed by atoms with Crippen molar-refractivity contribution in [2.45, 2.75) is 52.6 Å². The predicted octanol–water partition coefficient (Wildman–Crippen LogP) is 3.07. The molecule has 0 unspecified atom stereocenters. The molecule has 3 heteroatoms. The van der Waals surface area contributed by atoms with Gasteiger partial charge in [0.05, 0.1) is 0 Å². The van der Waals surface area contributed by atoms with Crippen LogP contribution in [0.4, 0.5) is 0 Å². The van der Waals surface area contributed by atoms with E-state index in [4.69, 9.17) is 5.73 Å². The number of carbonyl (C=O) groups is 1. The van der Waals surface area contributed by atoms with Crippen LogP contribution in [0.15, 0.2) is 24.3 Å². The smallest absolute Gasteiger partial charge is 0.222 e. The van der Waals surface area contributed by atoms with E-state index in [0.717, 1.165) is 36.9 Å². The van der Waals surface area contributed by atoms with Crippen LogP contribution in [0, 0.1) is 0 Å². The molecule has 0 aliphatic carbocycles. The maximum absolute atomic E-state index is 12.1. The Kier molecular flexibility index (Phi) is 7.19. The third-order valence-corrected chi connectivity index (χ3v) is 3.43. The minimum absolute atomic E-state index is 0.253. The molecule has 106 valence electrons. The van der Waals surface area contributed by atoms with Gasteiger partial charge in [0.2, 0.25) is 5.91 Å². The second kappa shape index (κ2) is 8.70. The molecule has 0 aromatic heterocycles. The van der Waals surface area contributed by atoms with E-state index in [0.29, 0.717) is 19.5 Å². The average molecular weight is 262 g/mol. The van der Waals surface area contributed by atoms with Crippen LogP contribution in [-0.4, -0.2) is 17.4 Å². The molecular formula is C16H26N2O. The first kappa shape index (κ1) is 15.7. The third kappa shape index (κ3) is 5.03. The fourth-order valence-electron chi connectivity index (χ4n) is 2.18. The molecule has 0 heterocycles. The van der Waals surface area contributed by atoms with Gasteiger partial charge in [-0.05, 0) is 24.5 Å². The van der Waals surface area contributed by atoms with Gasteiger partial charge in [-0.2, -0.15) is 0 Å². The van der Waals surface area contributed by atoms with E-state index < -0.39 is 0 Å². The average Bonchev–Trinajstić information content (AvgIpc) is 2.45. The van der Waals surface area contributed by atoms with Crippen molar-refractivity contribution in [2.24, 2.45) is 5.73 Å². The van der Waals surface area contributed by atoms with Crippen molar-refractivity contribution in [3.05, 3.63) is 35.4 Å². The minimum atomic E-state index is 0.253. The predicted molar refractivity (Wildman–Crippen MR) is 79.6 cm³/mol. The Bertz CT molecular complexity index is 390. The van der Waals surface area contributed by atoms with Gasteiger partial charge in [-0.25, -0.2) is 0 Å². The Hall–Kier alpha value is -1.35. The van der Waals surface area contributed by atoms with Crippen molar-refractivity contribution in [1.29, 1.82) is 0 Å². The normalized spacial score (nSPS) is 10.5. The van der Waals surface area contributed by atoms with Gasteiger partial charge in [0.25, 0.3) is 0 Å². The van der Waals surface area contributed by atoms with E-state index in [1.807, 2.05) is 30.0 Å². The Morgan fingerprint density at radius 1 is 1.16 bits per heavy atom. The lowest BCUT2D eigenvalue weighted by atomic mass is 10.1. The first-order chi connectivity index (χ1) is 9.22. The van der Waals surface area contributed by atoms with Gasteiger partial charge in [-0.15, -0.1) is 0 Å². The number of benzene rings is 1. The van der Waals surface area contributed by atoms with Gasteiger partial charge >= 0.3 is 0 Å². The highest BCUT2D eigenvalue weighted by Gasteiger charge is 2.12. The molecule has 1 aromatic carbocycles. The molecule has 1 aromatic rings. The van der Waals surface area contributed by atoms with Crippen molar-refractivity contribution in [1.82, 2.24) is 4.90 Å². The van der Waals surface area contributed by atoms with Crippen molar-refractivity contribution in [2.75, 3.05) is 6.54 Å². The van der Waals surface area contributed by atoms with Crippen LogP contribution in [0.3, 0.4) is 0 Å². The molecule has 0 radical (unpaired) electrons. The van der Waals surface area contributed by atoms with Gasteiger partial charge < -0.3 is 10.6 Å². The number of nitrogens with zero attached hydrogens (tertiary/aromatic N) is 1. The molecule has 3 nitrogen and oxygen atoms in total. The summed E-state index contributed by atoms with van der Waals surface area (Å²) in [7, 11) is 0. The van der Waals surface area contributed by atoms with Gasteiger partial charge in [0.1, 0.15) is 0 Å². The molecule has 2 N–H and O–H groups in total. The molecule has 0 aliphatic heterocycles. The highest BCUT2D eigenvalue weighted by atomic mass is 16.2. The summed E-state index contributed by atoms with van der Waals surface area (Å²) < 4.78 is 0. The van der Waals surface area contributed by atoms with E-state index >= 15 is 0 Å². The number of carbonyl (C=O) groups excluding carboxylic acids is 1. The van der Waals surface area contributed by atoms with Crippen LogP contribution < -0.4 is 5.73 Å². The number of hydrogen-bond acceptors (Lipinski definition) is 2. The lowest BCUT2D eigenvalue weighted by molar-refractivity contribution is -0.131. The van der Waals surface area contributed by atoms with E-state index in [2.05, 4.69) is 13.0 Å². The first-order valence-corrected chi connectivity index (χ1v) is 7.27. The number of amides is 1. The summed E-state index contributed by atoms with van der Waals surface area (Å²) in [5.74, 6) is 0.253. The minimum Gasteiger partial charge on any atom is -0.339 e. The van der Waals surface area contributed by atoms with E-state index in [-0.39, 0.29) is 5.91 Å². The molecule has 0 saturated heterocycles. The monoisotopic (exact) mass is 262 g/mol.